The molecule has 1 saturated heterocycles. The van der Waals surface area contributed by atoms with Crippen LogP contribution in [-0.4, -0.2) is 25.8 Å². The molecular weight excluding hydrogens is 202 g/mol. The lowest BCUT2D eigenvalue weighted by molar-refractivity contribution is 0.0612. The molecule has 0 spiro atoms. The van der Waals surface area contributed by atoms with Crippen LogP contribution < -0.4 is 14.8 Å². The molecule has 1 unspecified atom stereocenters. The summed E-state index contributed by atoms with van der Waals surface area (Å²) in [5.74, 6) is 1.72. The Morgan fingerprint density at radius 3 is 2.81 bits per heavy atom. The average Bonchev–Trinajstić information content (AvgIpc) is 2.29. The van der Waals surface area contributed by atoms with Gasteiger partial charge in [-0.1, -0.05) is 6.07 Å². The van der Waals surface area contributed by atoms with Crippen molar-refractivity contribution in [3.63, 3.8) is 0 Å². The van der Waals surface area contributed by atoms with E-state index in [1.807, 2.05) is 24.3 Å². The molecule has 3 nitrogen and oxygen atoms in total. The second-order valence-electron chi connectivity index (χ2n) is 4.51. The van der Waals surface area contributed by atoms with Crippen LogP contribution in [0.4, 0.5) is 0 Å². The summed E-state index contributed by atoms with van der Waals surface area (Å²) in [7, 11) is 1.67. The van der Waals surface area contributed by atoms with Gasteiger partial charge in [0.15, 0.2) is 0 Å². The first-order chi connectivity index (χ1) is 7.72. The molecule has 1 aliphatic rings. The Bertz CT molecular complexity index is 346. The molecule has 1 fully saturated rings. The number of benzene rings is 1. The molecule has 1 aromatic rings. The topological polar surface area (TPSA) is 30.5 Å². The van der Waals surface area contributed by atoms with Crippen LogP contribution in [0.5, 0.6) is 11.5 Å². The minimum atomic E-state index is -0.0926. The van der Waals surface area contributed by atoms with E-state index in [9.17, 15) is 0 Å². The van der Waals surface area contributed by atoms with E-state index >= 15 is 0 Å². The first kappa shape index (κ1) is 11.3. The zero-order valence-corrected chi connectivity index (χ0v) is 9.95. The fraction of sp³-hybridized carbons (Fsp3) is 0.538. The summed E-state index contributed by atoms with van der Waals surface area (Å²) in [6, 6.07) is 7.78. The maximum absolute atomic E-state index is 6.04. The van der Waals surface area contributed by atoms with Crippen LogP contribution in [0.2, 0.25) is 0 Å². The van der Waals surface area contributed by atoms with Gasteiger partial charge in [0.2, 0.25) is 0 Å². The van der Waals surface area contributed by atoms with Gasteiger partial charge in [-0.2, -0.15) is 0 Å². The minimum Gasteiger partial charge on any atom is -0.497 e. The SMILES string of the molecule is COc1cccc(OC2(C)CCCNC2)c1. The quantitative estimate of drug-likeness (QED) is 0.849. The highest BCUT2D eigenvalue weighted by molar-refractivity contribution is 5.33. The van der Waals surface area contributed by atoms with E-state index in [0.717, 1.165) is 31.0 Å². The van der Waals surface area contributed by atoms with Crippen LogP contribution in [0, 0.1) is 0 Å². The Labute approximate surface area is 96.8 Å². The number of hydrogen-bond donors (Lipinski definition) is 1. The largest absolute Gasteiger partial charge is 0.497 e. The van der Waals surface area contributed by atoms with Crippen LogP contribution in [-0.2, 0) is 0 Å². The van der Waals surface area contributed by atoms with Crippen molar-refractivity contribution in [1.82, 2.24) is 5.32 Å². The normalized spacial score (nSPS) is 25.1. The minimum absolute atomic E-state index is 0.0926. The molecule has 1 aliphatic heterocycles. The van der Waals surface area contributed by atoms with Crippen LogP contribution in [0.1, 0.15) is 19.8 Å². The highest BCUT2D eigenvalue weighted by Crippen LogP contribution is 2.26. The van der Waals surface area contributed by atoms with E-state index < -0.39 is 0 Å². The summed E-state index contributed by atoms with van der Waals surface area (Å²) in [6.07, 6.45) is 2.26. The second-order valence-corrected chi connectivity index (χ2v) is 4.51. The predicted octanol–water partition coefficient (Wildman–Crippen LogP) is 2.22. The third-order valence-electron chi connectivity index (χ3n) is 2.96. The molecule has 3 heteroatoms. The van der Waals surface area contributed by atoms with Gasteiger partial charge >= 0.3 is 0 Å². The number of rotatable bonds is 3. The Kier molecular flexibility index (Phi) is 3.34. The van der Waals surface area contributed by atoms with Gasteiger partial charge < -0.3 is 14.8 Å². The molecule has 1 N–H and O–H groups in total. The Morgan fingerprint density at radius 1 is 1.31 bits per heavy atom. The lowest BCUT2D eigenvalue weighted by atomic mass is 9.96. The first-order valence-corrected chi connectivity index (χ1v) is 5.76. The van der Waals surface area contributed by atoms with Crippen molar-refractivity contribution >= 4 is 0 Å². The molecule has 1 aromatic carbocycles. The van der Waals surface area contributed by atoms with Gasteiger partial charge in [-0.05, 0) is 38.4 Å². The van der Waals surface area contributed by atoms with E-state index in [4.69, 9.17) is 9.47 Å². The standard InChI is InChI=1S/C13H19NO2/c1-13(7-4-8-14-10-13)16-12-6-3-5-11(9-12)15-2/h3,5-6,9,14H,4,7-8,10H2,1-2H3. The summed E-state index contributed by atoms with van der Waals surface area (Å²) in [6.45, 7) is 4.15. The van der Waals surface area contributed by atoms with Crippen molar-refractivity contribution in [1.29, 1.82) is 0 Å². The Balaban J connectivity index is 2.07. The van der Waals surface area contributed by atoms with Crippen molar-refractivity contribution in [2.75, 3.05) is 20.2 Å². The van der Waals surface area contributed by atoms with Crippen LogP contribution >= 0.6 is 0 Å². The molecule has 1 atom stereocenters. The van der Waals surface area contributed by atoms with Gasteiger partial charge in [-0.15, -0.1) is 0 Å². The number of methoxy groups -OCH3 is 1. The molecule has 0 aromatic heterocycles. The first-order valence-electron chi connectivity index (χ1n) is 5.76. The number of nitrogens with one attached hydrogen (secondary N) is 1. The van der Waals surface area contributed by atoms with Crippen molar-refractivity contribution in [3.8, 4) is 11.5 Å². The fourth-order valence-electron chi connectivity index (χ4n) is 2.06. The van der Waals surface area contributed by atoms with E-state index in [0.29, 0.717) is 0 Å². The fourth-order valence-corrected chi connectivity index (χ4v) is 2.06. The van der Waals surface area contributed by atoms with Crippen molar-refractivity contribution in [3.05, 3.63) is 24.3 Å². The summed E-state index contributed by atoms with van der Waals surface area (Å²) in [4.78, 5) is 0. The second kappa shape index (κ2) is 4.74. The van der Waals surface area contributed by atoms with Crippen molar-refractivity contribution in [2.24, 2.45) is 0 Å². The van der Waals surface area contributed by atoms with E-state index in [1.54, 1.807) is 7.11 Å². The number of ether oxygens (including phenoxy) is 2. The number of piperidine rings is 1. The highest BCUT2D eigenvalue weighted by atomic mass is 16.5. The van der Waals surface area contributed by atoms with Gasteiger partial charge in [0.05, 0.1) is 7.11 Å². The third-order valence-corrected chi connectivity index (χ3v) is 2.96. The molecular formula is C13H19NO2. The van der Waals surface area contributed by atoms with E-state index in [-0.39, 0.29) is 5.60 Å². The van der Waals surface area contributed by atoms with Crippen LogP contribution in [0.15, 0.2) is 24.3 Å². The van der Waals surface area contributed by atoms with Crippen molar-refractivity contribution in [2.45, 2.75) is 25.4 Å². The highest BCUT2D eigenvalue weighted by Gasteiger charge is 2.28. The molecule has 88 valence electrons. The van der Waals surface area contributed by atoms with E-state index in [1.165, 1.54) is 6.42 Å². The summed E-state index contributed by atoms with van der Waals surface area (Å²) in [5.41, 5.74) is -0.0926. The number of hydrogen-bond acceptors (Lipinski definition) is 3. The van der Waals surface area contributed by atoms with E-state index in [2.05, 4.69) is 12.2 Å². The molecule has 0 amide bonds. The lowest BCUT2D eigenvalue weighted by Gasteiger charge is -2.34. The van der Waals surface area contributed by atoms with Crippen LogP contribution in [0.25, 0.3) is 0 Å². The maximum Gasteiger partial charge on any atom is 0.123 e. The molecule has 0 saturated carbocycles. The maximum atomic E-state index is 6.04. The molecule has 2 rings (SSSR count). The van der Waals surface area contributed by atoms with Gasteiger partial charge in [0.25, 0.3) is 0 Å². The predicted molar refractivity (Wildman–Crippen MR) is 64.1 cm³/mol. The Morgan fingerprint density at radius 2 is 2.12 bits per heavy atom. The Hall–Kier alpha value is -1.22. The molecule has 0 bridgehead atoms. The zero-order valence-electron chi connectivity index (χ0n) is 9.95. The lowest BCUT2D eigenvalue weighted by Crippen LogP contribution is -2.47. The third kappa shape index (κ3) is 2.67. The monoisotopic (exact) mass is 221 g/mol. The molecule has 0 radical (unpaired) electrons. The van der Waals surface area contributed by atoms with Crippen LogP contribution in [0.3, 0.4) is 0 Å². The average molecular weight is 221 g/mol. The summed E-state index contributed by atoms with van der Waals surface area (Å²) in [5, 5.41) is 3.37. The summed E-state index contributed by atoms with van der Waals surface area (Å²) >= 11 is 0. The zero-order chi connectivity index (χ0) is 11.4. The molecule has 1 heterocycles. The van der Waals surface area contributed by atoms with Gasteiger partial charge in [0, 0.05) is 12.6 Å². The van der Waals surface area contributed by atoms with Gasteiger partial charge in [0.1, 0.15) is 17.1 Å². The van der Waals surface area contributed by atoms with Gasteiger partial charge in [-0.25, -0.2) is 0 Å². The molecule has 16 heavy (non-hydrogen) atoms. The van der Waals surface area contributed by atoms with Crippen molar-refractivity contribution < 1.29 is 9.47 Å². The summed E-state index contributed by atoms with van der Waals surface area (Å²) < 4.78 is 11.2. The molecule has 0 aliphatic carbocycles. The smallest absolute Gasteiger partial charge is 0.123 e. The van der Waals surface area contributed by atoms with Gasteiger partial charge in [-0.3, -0.25) is 0 Å².